The van der Waals surface area contributed by atoms with E-state index in [0.717, 1.165) is 28.7 Å². The first-order valence-electron chi connectivity index (χ1n) is 7.72. The van der Waals surface area contributed by atoms with Crippen LogP contribution in [0.3, 0.4) is 0 Å². The number of anilines is 1. The van der Waals surface area contributed by atoms with Crippen molar-refractivity contribution in [2.24, 2.45) is 23.7 Å². The van der Waals surface area contributed by atoms with Gasteiger partial charge in [0.25, 0.3) is 0 Å². The van der Waals surface area contributed by atoms with E-state index in [0.29, 0.717) is 6.04 Å². The Hall–Kier alpha value is -0.690. The molecule has 5 rings (SSSR count). The maximum Gasteiger partial charge on any atom is 0.0455 e. The van der Waals surface area contributed by atoms with Gasteiger partial charge in [-0.15, -0.1) is 0 Å². The highest BCUT2D eigenvalue weighted by atomic mass is 35.5. The van der Waals surface area contributed by atoms with Crippen LogP contribution in [-0.2, 0) is 0 Å². The number of halogens is 1. The summed E-state index contributed by atoms with van der Waals surface area (Å²) in [4.78, 5) is 0. The van der Waals surface area contributed by atoms with E-state index in [1.54, 1.807) is 0 Å². The topological polar surface area (TPSA) is 12.0 Å². The van der Waals surface area contributed by atoms with Crippen molar-refractivity contribution in [3.8, 4) is 0 Å². The lowest BCUT2D eigenvalue weighted by Gasteiger charge is -2.54. The zero-order valence-corrected chi connectivity index (χ0v) is 12.3. The van der Waals surface area contributed by atoms with Crippen molar-refractivity contribution in [2.75, 3.05) is 5.32 Å². The highest BCUT2D eigenvalue weighted by molar-refractivity contribution is 6.31. The van der Waals surface area contributed by atoms with Crippen molar-refractivity contribution in [3.05, 3.63) is 28.8 Å². The van der Waals surface area contributed by atoms with Crippen LogP contribution in [0.4, 0.5) is 5.69 Å². The number of benzene rings is 1. The lowest BCUT2D eigenvalue weighted by atomic mass is 9.54. The van der Waals surface area contributed by atoms with Crippen LogP contribution in [0, 0.1) is 30.6 Å². The molecule has 4 aliphatic rings. The van der Waals surface area contributed by atoms with E-state index in [4.69, 9.17) is 11.6 Å². The van der Waals surface area contributed by atoms with Crippen molar-refractivity contribution in [1.82, 2.24) is 0 Å². The van der Waals surface area contributed by atoms with E-state index in [-0.39, 0.29) is 0 Å². The van der Waals surface area contributed by atoms with Gasteiger partial charge in [0.05, 0.1) is 0 Å². The molecule has 0 radical (unpaired) electrons. The van der Waals surface area contributed by atoms with E-state index in [1.165, 1.54) is 43.4 Å². The van der Waals surface area contributed by atoms with Crippen molar-refractivity contribution >= 4 is 17.3 Å². The Kier molecular flexibility index (Phi) is 2.80. The van der Waals surface area contributed by atoms with Crippen LogP contribution in [-0.4, -0.2) is 6.04 Å². The molecule has 19 heavy (non-hydrogen) atoms. The molecule has 1 N–H and O–H groups in total. The fourth-order valence-corrected chi connectivity index (χ4v) is 5.28. The molecule has 4 bridgehead atoms. The summed E-state index contributed by atoms with van der Waals surface area (Å²) in [6.45, 7) is 2.13. The summed E-state index contributed by atoms with van der Waals surface area (Å²) >= 11 is 6.24. The van der Waals surface area contributed by atoms with Gasteiger partial charge in [-0.25, -0.2) is 0 Å². The summed E-state index contributed by atoms with van der Waals surface area (Å²) in [6.07, 6.45) is 7.37. The molecule has 1 aromatic carbocycles. The second-order valence-corrected chi connectivity index (χ2v) is 7.42. The number of hydrogen-bond acceptors (Lipinski definition) is 1. The maximum atomic E-state index is 6.24. The molecule has 2 heteroatoms. The van der Waals surface area contributed by atoms with Gasteiger partial charge in [-0.05, 0) is 80.4 Å². The minimum atomic E-state index is 0.699. The number of hydrogen-bond donors (Lipinski definition) is 1. The molecular formula is C17H22ClN. The van der Waals surface area contributed by atoms with E-state index in [2.05, 4.69) is 24.4 Å². The molecule has 4 fully saturated rings. The highest BCUT2D eigenvalue weighted by Crippen LogP contribution is 2.54. The standard InChI is InChI=1S/C17H22ClN/c1-10-15(18)3-2-4-16(10)19-17-13-6-11-5-12(8-13)9-14(17)7-11/h2-4,11-14,17,19H,5-9H2,1H3. The third-order valence-electron chi connectivity index (χ3n) is 5.82. The summed E-state index contributed by atoms with van der Waals surface area (Å²) in [7, 11) is 0. The Morgan fingerprint density at radius 1 is 1.00 bits per heavy atom. The van der Waals surface area contributed by atoms with E-state index < -0.39 is 0 Å². The zero-order valence-electron chi connectivity index (χ0n) is 11.5. The molecule has 1 nitrogen and oxygen atoms in total. The van der Waals surface area contributed by atoms with Crippen molar-refractivity contribution in [1.29, 1.82) is 0 Å². The molecule has 0 aliphatic heterocycles. The largest absolute Gasteiger partial charge is 0.381 e. The van der Waals surface area contributed by atoms with Gasteiger partial charge in [0.2, 0.25) is 0 Å². The van der Waals surface area contributed by atoms with E-state index in [9.17, 15) is 0 Å². The van der Waals surface area contributed by atoms with E-state index >= 15 is 0 Å². The van der Waals surface area contributed by atoms with Crippen molar-refractivity contribution in [3.63, 3.8) is 0 Å². The predicted octanol–water partition coefficient (Wildman–Crippen LogP) is 4.89. The Labute approximate surface area is 120 Å². The Morgan fingerprint density at radius 3 is 2.26 bits per heavy atom. The van der Waals surface area contributed by atoms with Crippen LogP contribution >= 0.6 is 11.6 Å². The monoisotopic (exact) mass is 275 g/mol. The average Bonchev–Trinajstić information content (AvgIpc) is 2.38. The summed E-state index contributed by atoms with van der Waals surface area (Å²) in [6, 6.07) is 6.93. The summed E-state index contributed by atoms with van der Waals surface area (Å²) in [5.74, 6) is 3.91. The maximum absolute atomic E-state index is 6.24. The smallest absolute Gasteiger partial charge is 0.0455 e. The molecule has 0 atom stereocenters. The van der Waals surface area contributed by atoms with Crippen molar-refractivity contribution < 1.29 is 0 Å². The third-order valence-corrected chi connectivity index (χ3v) is 6.23. The molecule has 1 aromatic rings. The number of nitrogens with one attached hydrogen (secondary N) is 1. The fourth-order valence-electron chi connectivity index (χ4n) is 5.10. The Bertz CT molecular complexity index is 468. The first kappa shape index (κ1) is 12.1. The van der Waals surface area contributed by atoms with Crippen LogP contribution in [0.25, 0.3) is 0 Å². The van der Waals surface area contributed by atoms with Crippen molar-refractivity contribution in [2.45, 2.75) is 45.1 Å². The minimum Gasteiger partial charge on any atom is -0.381 e. The average molecular weight is 276 g/mol. The summed E-state index contributed by atoms with van der Waals surface area (Å²) in [5.41, 5.74) is 2.46. The molecule has 0 aromatic heterocycles. The second kappa shape index (κ2) is 4.41. The Balaban J connectivity index is 1.58. The van der Waals surface area contributed by atoms with Gasteiger partial charge in [0.15, 0.2) is 0 Å². The summed E-state index contributed by atoms with van der Waals surface area (Å²) < 4.78 is 0. The van der Waals surface area contributed by atoms with E-state index in [1.807, 2.05) is 6.07 Å². The van der Waals surface area contributed by atoms with Gasteiger partial charge >= 0.3 is 0 Å². The van der Waals surface area contributed by atoms with Crippen LogP contribution in [0.15, 0.2) is 18.2 Å². The quantitative estimate of drug-likeness (QED) is 0.811. The lowest BCUT2D eigenvalue weighted by molar-refractivity contribution is 0.00752. The van der Waals surface area contributed by atoms with Gasteiger partial charge in [-0.1, -0.05) is 17.7 Å². The normalized spacial score (nSPS) is 39.6. The first-order chi connectivity index (χ1) is 9.20. The minimum absolute atomic E-state index is 0.699. The lowest BCUT2D eigenvalue weighted by Crippen LogP contribution is -2.51. The van der Waals surface area contributed by atoms with Gasteiger partial charge in [0, 0.05) is 16.8 Å². The van der Waals surface area contributed by atoms with Gasteiger partial charge in [-0.3, -0.25) is 0 Å². The number of rotatable bonds is 2. The molecule has 4 aliphatic carbocycles. The first-order valence-corrected chi connectivity index (χ1v) is 8.10. The SMILES string of the molecule is Cc1c(Cl)cccc1NC1C2CC3CC(C2)CC1C3. The molecule has 0 saturated heterocycles. The van der Waals surface area contributed by atoms with Gasteiger partial charge in [0.1, 0.15) is 0 Å². The highest BCUT2D eigenvalue weighted by Gasteiger charge is 2.48. The third kappa shape index (κ3) is 1.98. The molecule has 0 amide bonds. The van der Waals surface area contributed by atoms with Crippen LogP contribution in [0.2, 0.25) is 5.02 Å². The van der Waals surface area contributed by atoms with Crippen LogP contribution in [0.1, 0.15) is 37.7 Å². The molecule has 0 unspecified atom stereocenters. The molecular weight excluding hydrogens is 254 g/mol. The zero-order chi connectivity index (χ0) is 13.0. The van der Waals surface area contributed by atoms with Crippen LogP contribution in [0.5, 0.6) is 0 Å². The summed E-state index contributed by atoms with van der Waals surface area (Å²) in [5, 5.41) is 4.73. The van der Waals surface area contributed by atoms with Gasteiger partial charge in [-0.2, -0.15) is 0 Å². The molecule has 0 spiro atoms. The molecule has 4 saturated carbocycles. The van der Waals surface area contributed by atoms with Crippen LogP contribution < -0.4 is 5.32 Å². The Morgan fingerprint density at radius 2 is 1.63 bits per heavy atom. The fraction of sp³-hybridized carbons (Fsp3) is 0.647. The predicted molar refractivity (Wildman–Crippen MR) is 80.6 cm³/mol. The molecule has 0 heterocycles. The molecule has 102 valence electrons. The second-order valence-electron chi connectivity index (χ2n) is 7.01. The van der Waals surface area contributed by atoms with Gasteiger partial charge < -0.3 is 5.32 Å².